The summed E-state index contributed by atoms with van der Waals surface area (Å²) in [7, 11) is 0. The molecule has 2 heterocycles. The number of furan rings is 1. The molecule has 0 aliphatic carbocycles. The molecule has 2 rings (SSSR count). The Labute approximate surface area is 122 Å². The van der Waals surface area contributed by atoms with Crippen LogP contribution in [0.4, 0.5) is 0 Å². The van der Waals surface area contributed by atoms with Crippen molar-refractivity contribution < 1.29 is 9.15 Å². The van der Waals surface area contributed by atoms with Crippen LogP contribution >= 0.6 is 0 Å². The van der Waals surface area contributed by atoms with E-state index in [0.717, 1.165) is 50.7 Å². The molecular weight excluding hydrogens is 252 g/mol. The van der Waals surface area contributed by atoms with Gasteiger partial charge in [0.25, 0.3) is 0 Å². The lowest BCUT2D eigenvalue weighted by Crippen LogP contribution is -2.44. The quantitative estimate of drug-likeness (QED) is 0.813. The normalized spacial score (nSPS) is 24.2. The smallest absolute Gasteiger partial charge is 0.120 e. The molecule has 0 saturated carbocycles. The maximum Gasteiger partial charge on any atom is 0.120 e. The molecule has 20 heavy (non-hydrogen) atoms. The molecular formula is C16H28N2O2. The fraction of sp³-hybridized carbons (Fsp3) is 0.750. The van der Waals surface area contributed by atoms with Crippen LogP contribution in [0.3, 0.4) is 0 Å². The molecule has 1 N–H and O–H groups in total. The fourth-order valence-corrected chi connectivity index (χ4v) is 2.86. The zero-order valence-corrected chi connectivity index (χ0v) is 13.2. The molecule has 1 fully saturated rings. The van der Waals surface area contributed by atoms with Crippen LogP contribution in [0.15, 0.2) is 10.5 Å². The summed E-state index contributed by atoms with van der Waals surface area (Å²) in [4.78, 5) is 2.42. The standard InChI is InChI=1S/C16H28N2O2/c1-5-6-17-8-16-12(2)7-15(20-16)11-18-9-13(3)19-14(4)10-18/h7,13-14,17H,5-6,8-11H2,1-4H3/t13-,14+. The van der Waals surface area contributed by atoms with Gasteiger partial charge >= 0.3 is 0 Å². The highest BCUT2D eigenvalue weighted by atomic mass is 16.5. The van der Waals surface area contributed by atoms with Gasteiger partial charge in [0, 0.05) is 13.1 Å². The minimum Gasteiger partial charge on any atom is -0.463 e. The van der Waals surface area contributed by atoms with Crippen LogP contribution in [0.5, 0.6) is 0 Å². The van der Waals surface area contributed by atoms with Crippen molar-refractivity contribution in [3.8, 4) is 0 Å². The van der Waals surface area contributed by atoms with Crippen molar-refractivity contribution in [1.29, 1.82) is 0 Å². The molecule has 0 bridgehead atoms. The summed E-state index contributed by atoms with van der Waals surface area (Å²) in [5, 5.41) is 3.40. The number of morpholine rings is 1. The van der Waals surface area contributed by atoms with E-state index in [-0.39, 0.29) is 0 Å². The van der Waals surface area contributed by atoms with Crippen LogP contribution in [-0.2, 0) is 17.8 Å². The Bertz CT molecular complexity index is 407. The molecule has 2 atom stereocenters. The van der Waals surface area contributed by atoms with E-state index in [1.54, 1.807) is 0 Å². The van der Waals surface area contributed by atoms with Gasteiger partial charge in [-0.05, 0) is 45.4 Å². The van der Waals surface area contributed by atoms with Crippen LogP contribution in [0, 0.1) is 6.92 Å². The van der Waals surface area contributed by atoms with Crippen molar-refractivity contribution >= 4 is 0 Å². The molecule has 114 valence electrons. The monoisotopic (exact) mass is 280 g/mol. The number of ether oxygens (including phenoxy) is 1. The van der Waals surface area contributed by atoms with Crippen LogP contribution in [-0.4, -0.2) is 36.7 Å². The third-order valence-corrected chi connectivity index (χ3v) is 3.66. The van der Waals surface area contributed by atoms with Gasteiger partial charge in [0.15, 0.2) is 0 Å². The van der Waals surface area contributed by atoms with Crippen molar-refractivity contribution in [2.24, 2.45) is 0 Å². The van der Waals surface area contributed by atoms with E-state index in [0.29, 0.717) is 12.2 Å². The molecule has 1 aliphatic rings. The SMILES string of the molecule is CCCNCc1oc(CN2C[C@@H](C)O[C@@H](C)C2)cc1C. The molecule has 0 aromatic carbocycles. The van der Waals surface area contributed by atoms with E-state index in [1.165, 1.54) is 5.56 Å². The van der Waals surface area contributed by atoms with Crippen molar-refractivity contribution in [3.63, 3.8) is 0 Å². The second-order valence-electron chi connectivity index (χ2n) is 5.95. The second kappa shape index (κ2) is 7.25. The summed E-state index contributed by atoms with van der Waals surface area (Å²) in [5.41, 5.74) is 1.25. The van der Waals surface area contributed by atoms with Crippen LogP contribution < -0.4 is 5.32 Å². The first kappa shape index (κ1) is 15.5. The summed E-state index contributed by atoms with van der Waals surface area (Å²) in [6.45, 7) is 13.3. The first-order valence-electron chi connectivity index (χ1n) is 7.75. The zero-order chi connectivity index (χ0) is 14.5. The maximum atomic E-state index is 5.99. The number of nitrogens with one attached hydrogen (secondary N) is 1. The van der Waals surface area contributed by atoms with E-state index in [9.17, 15) is 0 Å². The predicted octanol–water partition coefficient (Wildman–Crippen LogP) is 2.70. The van der Waals surface area contributed by atoms with Gasteiger partial charge in [0.1, 0.15) is 11.5 Å². The van der Waals surface area contributed by atoms with E-state index in [1.807, 2.05) is 0 Å². The summed E-state index contributed by atoms with van der Waals surface area (Å²) in [5.74, 6) is 2.14. The number of aryl methyl sites for hydroxylation is 1. The molecule has 4 nitrogen and oxygen atoms in total. The van der Waals surface area contributed by atoms with Crippen molar-refractivity contribution in [1.82, 2.24) is 10.2 Å². The number of rotatable bonds is 6. The van der Waals surface area contributed by atoms with Crippen LogP contribution in [0.2, 0.25) is 0 Å². The van der Waals surface area contributed by atoms with Gasteiger partial charge in [-0.1, -0.05) is 6.92 Å². The first-order chi connectivity index (χ1) is 9.58. The summed E-state index contributed by atoms with van der Waals surface area (Å²) >= 11 is 0. The van der Waals surface area contributed by atoms with Crippen LogP contribution in [0.1, 0.15) is 44.3 Å². The van der Waals surface area contributed by atoms with Crippen LogP contribution in [0.25, 0.3) is 0 Å². The topological polar surface area (TPSA) is 37.6 Å². The zero-order valence-electron chi connectivity index (χ0n) is 13.2. The third-order valence-electron chi connectivity index (χ3n) is 3.66. The average Bonchev–Trinajstić information content (AvgIpc) is 2.68. The minimum absolute atomic E-state index is 0.306. The number of nitrogens with zero attached hydrogens (tertiary/aromatic N) is 1. The van der Waals surface area contributed by atoms with E-state index in [4.69, 9.17) is 9.15 Å². The number of hydrogen-bond acceptors (Lipinski definition) is 4. The lowest BCUT2D eigenvalue weighted by molar-refractivity contribution is -0.0718. The Morgan fingerprint density at radius 3 is 2.65 bits per heavy atom. The lowest BCUT2D eigenvalue weighted by Gasteiger charge is -2.34. The minimum atomic E-state index is 0.306. The highest BCUT2D eigenvalue weighted by molar-refractivity contribution is 5.20. The Kier molecular flexibility index (Phi) is 5.64. The summed E-state index contributed by atoms with van der Waals surface area (Å²) in [6, 6.07) is 2.17. The van der Waals surface area contributed by atoms with E-state index in [2.05, 4.69) is 44.0 Å². The van der Waals surface area contributed by atoms with Gasteiger partial charge in [-0.15, -0.1) is 0 Å². The Morgan fingerprint density at radius 1 is 1.30 bits per heavy atom. The molecule has 1 aromatic rings. The molecule has 0 unspecified atom stereocenters. The van der Waals surface area contributed by atoms with Gasteiger partial charge in [-0.25, -0.2) is 0 Å². The lowest BCUT2D eigenvalue weighted by atomic mass is 10.2. The predicted molar refractivity (Wildman–Crippen MR) is 80.7 cm³/mol. The third kappa shape index (κ3) is 4.33. The number of hydrogen-bond donors (Lipinski definition) is 1. The van der Waals surface area contributed by atoms with Gasteiger partial charge in [0.05, 0.1) is 25.3 Å². The van der Waals surface area contributed by atoms with Gasteiger partial charge < -0.3 is 14.5 Å². The molecule has 1 saturated heterocycles. The molecule has 4 heteroatoms. The summed E-state index contributed by atoms with van der Waals surface area (Å²) < 4.78 is 11.8. The first-order valence-corrected chi connectivity index (χ1v) is 7.75. The van der Waals surface area contributed by atoms with Crippen molar-refractivity contribution in [2.45, 2.75) is 59.4 Å². The van der Waals surface area contributed by atoms with E-state index >= 15 is 0 Å². The van der Waals surface area contributed by atoms with E-state index < -0.39 is 0 Å². The fourth-order valence-electron chi connectivity index (χ4n) is 2.86. The summed E-state index contributed by atoms with van der Waals surface area (Å²) in [6.07, 6.45) is 1.76. The second-order valence-corrected chi connectivity index (χ2v) is 5.95. The molecule has 0 radical (unpaired) electrons. The molecule has 1 aliphatic heterocycles. The van der Waals surface area contributed by atoms with Crippen molar-refractivity contribution in [3.05, 3.63) is 23.2 Å². The van der Waals surface area contributed by atoms with Gasteiger partial charge in [-0.3, -0.25) is 4.90 Å². The largest absolute Gasteiger partial charge is 0.463 e. The Balaban J connectivity index is 1.91. The Morgan fingerprint density at radius 2 is 2.00 bits per heavy atom. The van der Waals surface area contributed by atoms with Crippen molar-refractivity contribution in [2.75, 3.05) is 19.6 Å². The average molecular weight is 280 g/mol. The van der Waals surface area contributed by atoms with Gasteiger partial charge in [-0.2, -0.15) is 0 Å². The maximum absolute atomic E-state index is 5.99. The molecule has 0 amide bonds. The molecule has 1 aromatic heterocycles. The highest BCUT2D eigenvalue weighted by Gasteiger charge is 2.23. The Hall–Kier alpha value is -0.840. The molecule has 0 spiro atoms. The van der Waals surface area contributed by atoms with Gasteiger partial charge in [0.2, 0.25) is 0 Å². The highest BCUT2D eigenvalue weighted by Crippen LogP contribution is 2.19.